The van der Waals surface area contributed by atoms with Gasteiger partial charge in [-0.3, -0.25) is 14.2 Å². The van der Waals surface area contributed by atoms with Gasteiger partial charge in [0.05, 0.1) is 5.69 Å². The molecule has 1 aromatic carbocycles. The summed E-state index contributed by atoms with van der Waals surface area (Å²) < 4.78 is 24.9. The lowest BCUT2D eigenvalue weighted by molar-refractivity contribution is -0.111. The van der Waals surface area contributed by atoms with Gasteiger partial charge in [0.2, 0.25) is 20.9 Å². The van der Waals surface area contributed by atoms with Crippen LogP contribution in [0.2, 0.25) is 0 Å². The minimum atomic E-state index is -3.65. The number of anilines is 1. The summed E-state index contributed by atoms with van der Waals surface area (Å²) >= 11 is 0. The van der Waals surface area contributed by atoms with Crippen LogP contribution in [0, 0.1) is 6.92 Å². The Morgan fingerprint density at radius 3 is 2.70 bits per heavy atom. The molecule has 1 amide bonds. The molecule has 27 heavy (non-hydrogen) atoms. The number of nitrogens with one attached hydrogen (secondary N) is 1. The molecule has 0 spiro atoms. The number of carbonyl (C=O) groups is 1. The van der Waals surface area contributed by atoms with Gasteiger partial charge in [0.15, 0.2) is 5.65 Å². The number of aryl methyl sites for hydroxylation is 1. The van der Waals surface area contributed by atoms with Crippen molar-refractivity contribution in [3.05, 3.63) is 65.1 Å². The van der Waals surface area contributed by atoms with Crippen LogP contribution in [0.3, 0.4) is 0 Å². The van der Waals surface area contributed by atoms with Crippen molar-refractivity contribution in [2.45, 2.75) is 12.1 Å². The van der Waals surface area contributed by atoms with E-state index < -0.39 is 15.7 Å². The number of benzene rings is 1. The first-order chi connectivity index (χ1) is 12.7. The van der Waals surface area contributed by atoms with Crippen LogP contribution in [0.1, 0.15) is 5.56 Å². The lowest BCUT2D eigenvalue weighted by atomic mass is 10.2. The van der Waals surface area contributed by atoms with E-state index in [1.807, 2.05) is 0 Å². The molecule has 8 nitrogen and oxygen atoms in total. The Kier molecular flexibility index (Phi) is 4.63. The normalized spacial score (nSPS) is 11.3. The van der Waals surface area contributed by atoms with Gasteiger partial charge in [0, 0.05) is 29.6 Å². The number of carbonyl (C=O) groups excluding carboxylic acids is 1. The topological polar surface area (TPSA) is 111 Å². The summed E-state index contributed by atoms with van der Waals surface area (Å²) in [4.78, 5) is 32.2. The van der Waals surface area contributed by atoms with E-state index in [1.54, 1.807) is 31.2 Å². The van der Waals surface area contributed by atoms with Gasteiger partial charge in [0.25, 0.3) is 5.56 Å². The Morgan fingerprint density at radius 1 is 1.30 bits per heavy atom. The highest BCUT2D eigenvalue weighted by Gasteiger charge is 2.16. The van der Waals surface area contributed by atoms with Crippen LogP contribution in [0.15, 0.2) is 59.1 Å². The van der Waals surface area contributed by atoms with Crippen molar-refractivity contribution in [1.29, 1.82) is 0 Å². The van der Waals surface area contributed by atoms with Gasteiger partial charge < -0.3 is 5.32 Å². The highest BCUT2D eigenvalue weighted by molar-refractivity contribution is 7.90. The van der Waals surface area contributed by atoms with Gasteiger partial charge in [-0.15, -0.1) is 0 Å². The smallest absolute Gasteiger partial charge is 0.257 e. The van der Waals surface area contributed by atoms with Crippen molar-refractivity contribution in [1.82, 2.24) is 14.5 Å². The van der Waals surface area contributed by atoms with E-state index in [-0.39, 0.29) is 16.4 Å². The van der Waals surface area contributed by atoms with Gasteiger partial charge in [-0.1, -0.05) is 12.6 Å². The quantitative estimate of drug-likeness (QED) is 0.540. The monoisotopic (exact) mass is 384 g/mol. The molecule has 0 fully saturated rings. The molecule has 0 radical (unpaired) electrons. The zero-order valence-corrected chi connectivity index (χ0v) is 15.4. The van der Waals surface area contributed by atoms with E-state index in [1.165, 1.54) is 16.8 Å². The van der Waals surface area contributed by atoms with E-state index in [0.717, 1.165) is 12.3 Å². The van der Waals surface area contributed by atoms with Gasteiger partial charge >= 0.3 is 0 Å². The maximum Gasteiger partial charge on any atom is 0.257 e. The SMILES string of the molecule is C=CC(=O)Nc1cccc(-n2c(=O)cc(C)c3cnc(S(C)(=O)=O)nc32)c1. The molecule has 2 heterocycles. The number of pyridine rings is 1. The van der Waals surface area contributed by atoms with E-state index in [2.05, 4.69) is 21.9 Å². The van der Waals surface area contributed by atoms with Crippen molar-refractivity contribution < 1.29 is 13.2 Å². The van der Waals surface area contributed by atoms with Gasteiger partial charge in [-0.25, -0.2) is 13.4 Å². The Labute approximate surface area is 155 Å². The first kappa shape index (κ1) is 18.5. The number of aromatic nitrogens is 3. The summed E-state index contributed by atoms with van der Waals surface area (Å²) in [6.07, 6.45) is 3.51. The third-order valence-corrected chi connectivity index (χ3v) is 4.69. The van der Waals surface area contributed by atoms with Gasteiger partial charge in [-0.05, 0) is 36.8 Å². The summed E-state index contributed by atoms with van der Waals surface area (Å²) in [5.74, 6) is -0.394. The molecule has 3 rings (SSSR count). The van der Waals surface area contributed by atoms with E-state index >= 15 is 0 Å². The number of hydrogen-bond acceptors (Lipinski definition) is 6. The Morgan fingerprint density at radius 2 is 2.04 bits per heavy atom. The molecule has 138 valence electrons. The number of nitrogens with zero attached hydrogens (tertiary/aromatic N) is 3. The average Bonchev–Trinajstić information content (AvgIpc) is 2.60. The molecule has 0 aliphatic rings. The molecule has 2 aromatic heterocycles. The second-order valence-electron chi connectivity index (χ2n) is 5.91. The van der Waals surface area contributed by atoms with Crippen LogP contribution >= 0.6 is 0 Å². The number of fused-ring (bicyclic) bond motifs is 1. The molecule has 3 aromatic rings. The maximum absolute atomic E-state index is 12.7. The zero-order chi connectivity index (χ0) is 19.8. The molecular weight excluding hydrogens is 368 g/mol. The Balaban J connectivity index is 2.31. The van der Waals surface area contributed by atoms with Crippen LogP contribution in [0.25, 0.3) is 16.7 Å². The molecule has 0 aliphatic carbocycles. The van der Waals surface area contributed by atoms with Crippen LogP contribution < -0.4 is 10.9 Å². The minimum absolute atomic E-state index is 0.169. The van der Waals surface area contributed by atoms with E-state index in [4.69, 9.17) is 0 Å². The highest BCUT2D eigenvalue weighted by Crippen LogP contribution is 2.20. The third-order valence-electron chi connectivity index (χ3n) is 3.83. The van der Waals surface area contributed by atoms with Crippen LogP contribution in [0.5, 0.6) is 0 Å². The van der Waals surface area contributed by atoms with Crippen LogP contribution in [0.4, 0.5) is 5.69 Å². The predicted octanol–water partition coefficient (Wildman–Crippen LogP) is 1.62. The number of hydrogen-bond donors (Lipinski definition) is 1. The fourth-order valence-electron chi connectivity index (χ4n) is 2.58. The lowest BCUT2D eigenvalue weighted by Gasteiger charge is -2.13. The zero-order valence-electron chi connectivity index (χ0n) is 14.6. The summed E-state index contributed by atoms with van der Waals surface area (Å²) in [6.45, 7) is 5.11. The first-order valence-electron chi connectivity index (χ1n) is 7.84. The summed E-state index contributed by atoms with van der Waals surface area (Å²) in [6, 6.07) is 7.97. The molecule has 0 bridgehead atoms. The molecule has 0 aliphatic heterocycles. The van der Waals surface area contributed by atoms with Crippen molar-refractivity contribution in [3.63, 3.8) is 0 Å². The molecule has 9 heteroatoms. The molecule has 0 unspecified atom stereocenters. The third kappa shape index (κ3) is 3.63. The first-order valence-corrected chi connectivity index (χ1v) is 9.73. The number of amides is 1. The second-order valence-corrected chi connectivity index (χ2v) is 7.82. The molecule has 1 N–H and O–H groups in total. The number of sulfone groups is 1. The summed E-state index contributed by atoms with van der Waals surface area (Å²) in [7, 11) is -3.65. The number of rotatable bonds is 4. The second kappa shape index (κ2) is 6.76. The minimum Gasteiger partial charge on any atom is -0.322 e. The maximum atomic E-state index is 12.7. The van der Waals surface area contributed by atoms with Gasteiger partial charge in [0.1, 0.15) is 0 Å². The fourth-order valence-corrected chi connectivity index (χ4v) is 3.08. The average molecular weight is 384 g/mol. The Hall–Kier alpha value is -3.33. The fraction of sp³-hybridized carbons (Fsp3) is 0.111. The van der Waals surface area contributed by atoms with Crippen molar-refractivity contribution >= 4 is 32.5 Å². The molecular formula is C18H16N4O4S. The standard InChI is InChI=1S/C18H16N4O4S/c1-4-15(23)20-12-6-5-7-13(9-12)22-16(24)8-11(2)14-10-19-18(21-17(14)22)27(3,25)26/h4-10H,1H2,2-3H3,(H,20,23). The summed E-state index contributed by atoms with van der Waals surface area (Å²) in [5, 5.41) is 2.79. The van der Waals surface area contributed by atoms with Gasteiger partial charge in [-0.2, -0.15) is 4.98 Å². The van der Waals surface area contributed by atoms with E-state index in [9.17, 15) is 18.0 Å². The molecule has 0 atom stereocenters. The summed E-state index contributed by atoms with van der Waals surface area (Å²) in [5.41, 5.74) is 1.29. The predicted molar refractivity (Wildman–Crippen MR) is 102 cm³/mol. The molecule has 0 saturated heterocycles. The lowest BCUT2D eigenvalue weighted by Crippen LogP contribution is -2.21. The van der Waals surface area contributed by atoms with Crippen molar-refractivity contribution in [2.75, 3.05) is 11.6 Å². The molecule has 0 saturated carbocycles. The largest absolute Gasteiger partial charge is 0.322 e. The van der Waals surface area contributed by atoms with E-state index in [0.29, 0.717) is 22.3 Å². The highest BCUT2D eigenvalue weighted by atomic mass is 32.2. The van der Waals surface area contributed by atoms with Crippen molar-refractivity contribution in [2.24, 2.45) is 0 Å². The van der Waals surface area contributed by atoms with Crippen LogP contribution in [-0.4, -0.2) is 35.1 Å². The van der Waals surface area contributed by atoms with Crippen LogP contribution in [-0.2, 0) is 14.6 Å². The Bertz CT molecular complexity index is 1250. The van der Waals surface area contributed by atoms with Crippen molar-refractivity contribution in [3.8, 4) is 5.69 Å².